The molecule has 0 radical (unpaired) electrons. The molecule has 6 rings (SSSR count). The fourth-order valence-electron chi connectivity index (χ4n) is 5.21. The van der Waals surface area contributed by atoms with E-state index in [1.165, 1.54) is 0 Å². The Hall–Kier alpha value is -4.21. The van der Waals surface area contributed by atoms with Gasteiger partial charge in [0.1, 0.15) is 17.2 Å². The third kappa shape index (κ3) is 4.66. The highest BCUT2D eigenvalue weighted by Gasteiger charge is 2.43. The van der Waals surface area contributed by atoms with E-state index in [1.54, 1.807) is 18.6 Å². The van der Waals surface area contributed by atoms with Gasteiger partial charge in [-0.25, -0.2) is 19.4 Å². The Morgan fingerprint density at radius 2 is 1.78 bits per heavy atom. The number of rotatable bonds is 4. The second-order valence-corrected chi connectivity index (χ2v) is 10.7. The van der Waals surface area contributed by atoms with Crippen molar-refractivity contribution >= 4 is 34.4 Å². The monoisotopic (exact) mass is 498 g/mol. The summed E-state index contributed by atoms with van der Waals surface area (Å²) in [5, 5.41) is 9.15. The van der Waals surface area contributed by atoms with Crippen molar-refractivity contribution in [2.75, 3.05) is 36.4 Å². The SMILES string of the molecule is CC(C)(C)OC(=O)N1C[C@@H]2CN(c3cc(-n4nc(Nc5cnccn5)c5ccccc54)ccn3)C[C@@H]2C1. The minimum absolute atomic E-state index is 0.218. The summed E-state index contributed by atoms with van der Waals surface area (Å²) in [4.78, 5) is 29.8. The molecule has 0 bridgehead atoms. The Morgan fingerprint density at radius 1 is 1.00 bits per heavy atom. The van der Waals surface area contributed by atoms with E-state index in [1.807, 2.05) is 60.8 Å². The molecular formula is C27H30N8O2. The van der Waals surface area contributed by atoms with E-state index in [4.69, 9.17) is 9.84 Å². The van der Waals surface area contributed by atoms with Crippen LogP contribution in [0.15, 0.2) is 61.2 Å². The number of fused-ring (bicyclic) bond motifs is 2. The fraction of sp³-hybridized carbons (Fsp3) is 0.370. The van der Waals surface area contributed by atoms with E-state index in [9.17, 15) is 4.79 Å². The van der Waals surface area contributed by atoms with Gasteiger partial charge in [-0.2, -0.15) is 0 Å². The third-order valence-electron chi connectivity index (χ3n) is 6.83. The first-order chi connectivity index (χ1) is 17.8. The lowest BCUT2D eigenvalue weighted by Gasteiger charge is -2.26. The van der Waals surface area contributed by atoms with Gasteiger partial charge in [0.05, 0.1) is 17.4 Å². The molecule has 0 unspecified atom stereocenters. The summed E-state index contributed by atoms with van der Waals surface area (Å²) in [6, 6.07) is 12.1. The summed E-state index contributed by atoms with van der Waals surface area (Å²) in [5.41, 5.74) is 1.43. The summed E-state index contributed by atoms with van der Waals surface area (Å²) in [6.45, 7) is 8.87. The van der Waals surface area contributed by atoms with Gasteiger partial charge in [-0.1, -0.05) is 12.1 Å². The molecule has 10 heteroatoms. The van der Waals surface area contributed by atoms with Crippen molar-refractivity contribution < 1.29 is 9.53 Å². The summed E-state index contributed by atoms with van der Waals surface area (Å²) < 4.78 is 7.51. The number of likely N-dealkylation sites (tertiary alicyclic amines) is 1. The molecule has 2 saturated heterocycles. The van der Waals surface area contributed by atoms with E-state index in [0.29, 0.717) is 23.5 Å². The minimum Gasteiger partial charge on any atom is -0.444 e. The summed E-state index contributed by atoms with van der Waals surface area (Å²) in [6.07, 6.45) is 6.58. The van der Waals surface area contributed by atoms with Crippen LogP contribution in [0.2, 0.25) is 0 Å². The number of aromatic nitrogens is 5. The zero-order valence-electron chi connectivity index (χ0n) is 21.2. The van der Waals surface area contributed by atoms with Crippen molar-refractivity contribution in [3.05, 3.63) is 61.2 Å². The highest BCUT2D eigenvalue weighted by Crippen LogP contribution is 2.35. The van der Waals surface area contributed by atoms with Crippen LogP contribution >= 0.6 is 0 Å². The van der Waals surface area contributed by atoms with Crippen LogP contribution < -0.4 is 10.2 Å². The lowest BCUT2D eigenvalue weighted by atomic mass is 10.0. The van der Waals surface area contributed by atoms with Gasteiger partial charge in [-0.05, 0) is 39.0 Å². The van der Waals surface area contributed by atoms with Crippen LogP contribution in [-0.2, 0) is 4.74 Å². The summed E-state index contributed by atoms with van der Waals surface area (Å²) >= 11 is 0. The van der Waals surface area contributed by atoms with Crippen LogP contribution in [-0.4, -0.2) is 67.5 Å². The maximum absolute atomic E-state index is 12.5. The van der Waals surface area contributed by atoms with Crippen LogP contribution in [0.4, 0.5) is 22.2 Å². The molecule has 3 aromatic heterocycles. The molecule has 4 aromatic rings. The molecule has 0 saturated carbocycles. The average Bonchev–Trinajstić information content (AvgIpc) is 3.56. The second-order valence-electron chi connectivity index (χ2n) is 10.7. The lowest BCUT2D eigenvalue weighted by Crippen LogP contribution is -2.37. The van der Waals surface area contributed by atoms with E-state index in [0.717, 1.165) is 48.6 Å². The Labute approximate surface area is 215 Å². The Morgan fingerprint density at radius 3 is 2.51 bits per heavy atom. The van der Waals surface area contributed by atoms with Gasteiger partial charge < -0.3 is 19.9 Å². The summed E-state index contributed by atoms with van der Waals surface area (Å²) in [5.74, 6) is 3.08. The zero-order valence-corrected chi connectivity index (χ0v) is 21.2. The van der Waals surface area contributed by atoms with Crippen molar-refractivity contribution in [2.24, 2.45) is 11.8 Å². The molecular weight excluding hydrogens is 468 g/mol. The number of nitrogens with one attached hydrogen (secondary N) is 1. The topological polar surface area (TPSA) is 101 Å². The normalized spacial score (nSPS) is 19.3. The molecule has 1 aromatic carbocycles. The standard InChI is InChI=1S/C27H30N8O2/c1-27(2,3)37-26(36)34-16-18-14-33(15-19(18)17-34)24-12-20(8-9-30-24)35-22-7-5-4-6-21(22)25(32-35)31-23-13-28-10-11-29-23/h4-13,18-19H,14-17H2,1-3H3,(H,29,31,32)/t18-,19+. The predicted molar refractivity (Wildman–Crippen MR) is 141 cm³/mol. The molecule has 190 valence electrons. The number of pyridine rings is 1. The molecule has 0 aliphatic carbocycles. The van der Waals surface area contributed by atoms with E-state index >= 15 is 0 Å². The maximum atomic E-state index is 12.5. The molecule has 2 atom stereocenters. The molecule has 1 N–H and O–H groups in total. The number of nitrogens with zero attached hydrogens (tertiary/aromatic N) is 7. The van der Waals surface area contributed by atoms with Crippen molar-refractivity contribution in [3.8, 4) is 5.69 Å². The largest absolute Gasteiger partial charge is 0.444 e. The number of hydrogen-bond acceptors (Lipinski definition) is 8. The van der Waals surface area contributed by atoms with Gasteiger partial charge in [0.2, 0.25) is 0 Å². The predicted octanol–water partition coefficient (Wildman–Crippen LogP) is 4.26. The highest BCUT2D eigenvalue weighted by atomic mass is 16.6. The van der Waals surface area contributed by atoms with E-state index < -0.39 is 5.60 Å². The lowest BCUT2D eigenvalue weighted by molar-refractivity contribution is 0.0282. The van der Waals surface area contributed by atoms with E-state index in [2.05, 4.69) is 37.3 Å². The number of hydrogen-bond donors (Lipinski definition) is 1. The molecule has 2 aliphatic rings. The molecule has 10 nitrogen and oxygen atoms in total. The number of benzene rings is 1. The number of carbonyl (C=O) groups excluding carboxylic acids is 1. The Balaban J connectivity index is 1.22. The third-order valence-corrected chi connectivity index (χ3v) is 6.83. The molecule has 0 spiro atoms. The van der Waals surface area contributed by atoms with Gasteiger partial charge in [-0.15, -0.1) is 5.10 Å². The molecule has 1 amide bonds. The van der Waals surface area contributed by atoms with Crippen LogP contribution in [0.3, 0.4) is 0 Å². The molecule has 2 aliphatic heterocycles. The first-order valence-corrected chi connectivity index (χ1v) is 12.5. The Bertz CT molecular complexity index is 1420. The van der Waals surface area contributed by atoms with Crippen molar-refractivity contribution in [3.63, 3.8) is 0 Å². The minimum atomic E-state index is -0.480. The number of carbonyl (C=O) groups is 1. The van der Waals surface area contributed by atoms with Gasteiger partial charge >= 0.3 is 6.09 Å². The number of para-hydroxylation sites is 1. The van der Waals surface area contributed by atoms with Crippen LogP contribution in [0, 0.1) is 11.8 Å². The first kappa shape index (κ1) is 23.2. The summed E-state index contributed by atoms with van der Waals surface area (Å²) in [7, 11) is 0. The highest BCUT2D eigenvalue weighted by molar-refractivity contribution is 5.92. The zero-order chi connectivity index (χ0) is 25.6. The van der Waals surface area contributed by atoms with Gasteiger partial charge in [-0.3, -0.25) is 4.98 Å². The smallest absolute Gasteiger partial charge is 0.410 e. The second kappa shape index (κ2) is 9.02. The van der Waals surface area contributed by atoms with Gasteiger partial charge in [0.15, 0.2) is 5.82 Å². The van der Waals surface area contributed by atoms with Crippen molar-refractivity contribution in [1.82, 2.24) is 29.6 Å². The number of ether oxygens (including phenoxy) is 1. The Kier molecular flexibility index (Phi) is 5.66. The van der Waals surface area contributed by atoms with Crippen molar-refractivity contribution in [2.45, 2.75) is 26.4 Å². The molecule has 5 heterocycles. The fourth-order valence-corrected chi connectivity index (χ4v) is 5.21. The van der Waals surface area contributed by atoms with Crippen LogP contribution in [0.5, 0.6) is 0 Å². The average molecular weight is 499 g/mol. The molecule has 37 heavy (non-hydrogen) atoms. The number of anilines is 3. The number of amides is 1. The van der Waals surface area contributed by atoms with Gasteiger partial charge in [0, 0.05) is 68.1 Å². The first-order valence-electron chi connectivity index (χ1n) is 12.5. The van der Waals surface area contributed by atoms with Crippen molar-refractivity contribution in [1.29, 1.82) is 0 Å². The quantitative estimate of drug-likeness (QED) is 0.446. The van der Waals surface area contributed by atoms with Crippen LogP contribution in [0.1, 0.15) is 20.8 Å². The van der Waals surface area contributed by atoms with Crippen LogP contribution in [0.25, 0.3) is 16.6 Å². The van der Waals surface area contributed by atoms with Gasteiger partial charge in [0.25, 0.3) is 0 Å². The van der Waals surface area contributed by atoms with E-state index in [-0.39, 0.29) is 6.09 Å². The maximum Gasteiger partial charge on any atom is 0.410 e. The molecule has 2 fully saturated rings.